The number of nitrogens with two attached hydrogens (primary N) is 1. The first kappa shape index (κ1) is 17.5. The lowest BCUT2D eigenvalue weighted by Crippen LogP contribution is -2.43. The Balaban J connectivity index is 3.01. The van der Waals surface area contributed by atoms with Crippen LogP contribution in [0.25, 0.3) is 0 Å². The van der Waals surface area contributed by atoms with E-state index >= 15 is 0 Å². The van der Waals surface area contributed by atoms with E-state index in [-0.39, 0.29) is 16.7 Å². The molecule has 9 heteroatoms. The lowest BCUT2D eigenvalue weighted by Gasteiger charge is -2.27. The average Bonchev–Trinajstić information content (AvgIpc) is 2.63. The number of amides is 1. The molecule has 21 heavy (non-hydrogen) atoms. The molecule has 5 nitrogen and oxygen atoms in total. The molecule has 1 heterocycles. The molecule has 0 fully saturated rings. The highest BCUT2D eigenvalue weighted by Crippen LogP contribution is 2.28. The number of nitrogens with one attached hydrogen (secondary N) is 1. The zero-order valence-corrected chi connectivity index (χ0v) is 13.1. The van der Waals surface area contributed by atoms with Crippen LogP contribution in [-0.4, -0.2) is 40.6 Å². The molecule has 0 saturated heterocycles. The molecule has 0 aliphatic heterocycles. The molecule has 1 rings (SSSR count). The van der Waals surface area contributed by atoms with E-state index in [1.807, 2.05) is 13.8 Å². The van der Waals surface area contributed by atoms with Gasteiger partial charge < -0.3 is 16.0 Å². The number of alkyl halides is 3. The predicted molar refractivity (Wildman–Crippen MR) is 77.5 cm³/mol. The lowest BCUT2D eigenvalue weighted by molar-refractivity contribution is -0.143. The topological polar surface area (TPSA) is 71.2 Å². The number of nitrogen functional groups attached to an aromatic ring is 1. The molecule has 1 aromatic rings. The van der Waals surface area contributed by atoms with Gasteiger partial charge in [0.2, 0.25) is 0 Å². The van der Waals surface area contributed by atoms with Crippen molar-refractivity contribution in [3.05, 3.63) is 4.88 Å². The number of anilines is 2. The van der Waals surface area contributed by atoms with Crippen molar-refractivity contribution in [3.8, 4) is 0 Å². The number of nitrogens with zero attached hydrogens (tertiary/aromatic N) is 2. The molecule has 0 bridgehead atoms. The highest BCUT2D eigenvalue weighted by molar-refractivity contribution is 7.18. The molecule has 0 aliphatic rings. The van der Waals surface area contributed by atoms with Crippen molar-refractivity contribution in [2.24, 2.45) is 0 Å². The Labute approximate surface area is 125 Å². The quantitative estimate of drug-likeness (QED) is 0.873. The van der Waals surface area contributed by atoms with Crippen LogP contribution >= 0.6 is 11.3 Å². The van der Waals surface area contributed by atoms with E-state index < -0.39 is 24.7 Å². The normalized spacial score (nSPS) is 12.0. The monoisotopic (exact) mass is 324 g/mol. The smallest absolute Gasteiger partial charge is 0.382 e. The van der Waals surface area contributed by atoms with Gasteiger partial charge in [-0.1, -0.05) is 11.3 Å². The van der Waals surface area contributed by atoms with Crippen LogP contribution in [0.5, 0.6) is 0 Å². The third kappa shape index (κ3) is 5.07. The Morgan fingerprint density at radius 1 is 1.38 bits per heavy atom. The number of thiazole rings is 1. The van der Waals surface area contributed by atoms with E-state index in [0.29, 0.717) is 5.13 Å². The summed E-state index contributed by atoms with van der Waals surface area (Å²) in [6, 6.07) is -0.517. The van der Waals surface area contributed by atoms with Gasteiger partial charge in [-0.05, 0) is 27.7 Å². The van der Waals surface area contributed by atoms with Gasteiger partial charge in [-0.25, -0.2) is 4.98 Å². The Kier molecular flexibility index (Phi) is 5.43. The van der Waals surface area contributed by atoms with Gasteiger partial charge in [0, 0.05) is 12.1 Å². The first-order valence-electron chi connectivity index (χ1n) is 6.41. The van der Waals surface area contributed by atoms with Gasteiger partial charge in [-0.2, -0.15) is 13.2 Å². The fourth-order valence-corrected chi connectivity index (χ4v) is 2.59. The van der Waals surface area contributed by atoms with Crippen molar-refractivity contribution in [1.29, 1.82) is 0 Å². The van der Waals surface area contributed by atoms with Crippen molar-refractivity contribution in [2.75, 3.05) is 17.6 Å². The second-order valence-electron chi connectivity index (χ2n) is 5.17. The SMILES string of the molecule is CC(C)Nc1nc(N)c(C(=O)N(CC(F)(F)F)C(C)C)s1. The van der Waals surface area contributed by atoms with Crippen LogP contribution in [0.15, 0.2) is 0 Å². The average molecular weight is 324 g/mol. The third-order valence-corrected chi connectivity index (χ3v) is 3.48. The lowest BCUT2D eigenvalue weighted by atomic mass is 10.3. The minimum absolute atomic E-state index is 0.0242. The molecule has 0 aliphatic carbocycles. The second-order valence-corrected chi connectivity index (χ2v) is 6.17. The van der Waals surface area contributed by atoms with Gasteiger partial charge in [-0.3, -0.25) is 4.79 Å². The van der Waals surface area contributed by atoms with Gasteiger partial charge in [0.25, 0.3) is 5.91 Å². The van der Waals surface area contributed by atoms with Gasteiger partial charge in [0.15, 0.2) is 5.13 Å². The molecule has 0 aromatic carbocycles. The summed E-state index contributed by atoms with van der Waals surface area (Å²) >= 11 is 0.962. The largest absolute Gasteiger partial charge is 0.406 e. The number of rotatable bonds is 5. The summed E-state index contributed by atoms with van der Waals surface area (Å²) in [5.74, 6) is -0.810. The molecule has 0 saturated carbocycles. The molecule has 120 valence electrons. The Bertz CT molecular complexity index is 499. The van der Waals surface area contributed by atoms with E-state index in [9.17, 15) is 18.0 Å². The van der Waals surface area contributed by atoms with Crippen molar-refractivity contribution >= 4 is 28.2 Å². The Morgan fingerprint density at radius 3 is 2.38 bits per heavy atom. The van der Waals surface area contributed by atoms with Crippen LogP contribution < -0.4 is 11.1 Å². The second kappa shape index (κ2) is 6.50. The molecule has 1 amide bonds. The first-order chi connectivity index (χ1) is 9.51. The maximum absolute atomic E-state index is 12.6. The van der Waals surface area contributed by atoms with Crippen LogP contribution in [0.4, 0.5) is 24.1 Å². The summed E-state index contributed by atoms with van der Waals surface area (Å²) in [6.07, 6.45) is -4.46. The fourth-order valence-electron chi connectivity index (χ4n) is 1.61. The number of hydrogen-bond acceptors (Lipinski definition) is 5. The number of aromatic nitrogens is 1. The minimum Gasteiger partial charge on any atom is -0.382 e. The molecular weight excluding hydrogens is 305 g/mol. The van der Waals surface area contributed by atoms with Crippen molar-refractivity contribution < 1.29 is 18.0 Å². The summed E-state index contributed by atoms with van der Waals surface area (Å²) in [5, 5.41) is 3.39. The molecule has 0 spiro atoms. The highest BCUT2D eigenvalue weighted by Gasteiger charge is 2.35. The van der Waals surface area contributed by atoms with Gasteiger partial charge in [0.05, 0.1) is 0 Å². The minimum atomic E-state index is -4.46. The number of halogens is 3. The molecular formula is C12H19F3N4OS. The molecule has 3 N–H and O–H groups in total. The molecule has 0 radical (unpaired) electrons. The van der Waals surface area contributed by atoms with Crippen LogP contribution in [0.3, 0.4) is 0 Å². The molecule has 0 unspecified atom stereocenters. The van der Waals surface area contributed by atoms with Gasteiger partial charge in [0.1, 0.15) is 17.2 Å². The standard InChI is InChI=1S/C12H19F3N4OS/c1-6(2)17-11-18-9(16)8(21-11)10(20)19(7(3)4)5-12(13,14)15/h6-7H,5,16H2,1-4H3,(H,17,18). The Morgan fingerprint density at radius 2 is 1.95 bits per heavy atom. The molecule has 1 aromatic heterocycles. The van der Waals surface area contributed by atoms with E-state index in [2.05, 4.69) is 10.3 Å². The third-order valence-electron chi connectivity index (χ3n) is 2.49. The van der Waals surface area contributed by atoms with Crippen LogP contribution in [-0.2, 0) is 0 Å². The molecule has 0 atom stereocenters. The van der Waals surface area contributed by atoms with Crippen LogP contribution in [0.2, 0.25) is 0 Å². The van der Waals surface area contributed by atoms with Crippen molar-refractivity contribution in [3.63, 3.8) is 0 Å². The summed E-state index contributed by atoms with van der Waals surface area (Å²) in [5.41, 5.74) is 5.65. The van der Waals surface area contributed by atoms with E-state index in [1.54, 1.807) is 0 Å². The maximum Gasteiger partial charge on any atom is 0.406 e. The van der Waals surface area contributed by atoms with E-state index in [0.717, 1.165) is 16.2 Å². The first-order valence-corrected chi connectivity index (χ1v) is 7.23. The van der Waals surface area contributed by atoms with Crippen LogP contribution in [0, 0.1) is 0 Å². The maximum atomic E-state index is 12.6. The van der Waals surface area contributed by atoms with Crippen LogP contribution in [0.1, 0.15) is 37.4 Å². The number of hydrogen-bond donors (Lipinski definition) is 2. The van der Waals surface area contributed by atoms with E-state index in [4.69, 9.17) is 5.73 Å². The van der Waals surface area contributed by atoms with Gasteiger partial charge >= 0.3 is 6.18 Å². The highest BCUT2D eigenvalue weighted by atomic mass is 32.1. The number of carbonyl (C=O) groups is 1. The summed E-state index contributed by atoms with van der Waals surface area (Å²) in [7, 11) is 0. The zero-order valence-electron chi connectivity index (χ0n) is 12.3. The number of carbonyl (C=O) groups excluding carboxylic acids is 1. The Hall–Kier alpha value is -1.51. The summed E-state index contributed by atoms with van der Waals surface area (Å²) < 4.78 is 37.7. The van der Waals surface area contributed by atoms with Crippen molar-refractivity contribution in [1.82, 2.24) is 9.88 Å². The summed E-state index contributed by atoms with van der Waals surface area (Å²) in [4.78, 5) is 17.0. The van der Waals surface area contributed by atoms with E-state index in [1.165, 1.54) is 13.8 Å². The van der Waals surface area contributed by atoms with Crippen molar-refractivity contribution in [2.45, 2.75) is 46.0 Å². The zero-order chi connectivity index (χ0) is 16.4. The summed E-state index contributed by atoms with van der Waals surface area (Å²) in [6.45, 7) is 5.49. The predicted octanol–water partition coefficient (Wildman–Crippen LogP) is 2.96. The van der Waals surface area contributed by atoms with Gasteiger partial charge in [-0.15, -0.1) is 0 Å². The fraction of sp³-hybridized carbons (Fsp3) is 0.667.